The van der Waals surface area contributed by atoms with E-state index in [1.807, 2.05) is 19.1 Å². The number of aryl methyl sites for hydroxylation is 1. The molecule has 1 amide bonds. The number of phenolic OH excluding ortho intramolecular Hbond substituents is 1. The highest BCUT2D eigenvalue weighted by atomic mass is 16.3. The molecule has 2 aromatic rings. The Morgan fingerprint density at radius 3 is 2.45 bits per heavy atom. The van der Waals surface area contributed by atoms with Gasteiger partial charge in [-0.2, -0.15) is 0 Å². The first-order valence-corrected chi connectivity index (χ1v) is 6.43. The second-order valence-corrected chi connectivity index (χ2v) is 4.86. The van der Waals surface area contributed by atoms with E-state index < -0.39 is 0 Å². The number of carbonyl (C=O) groups is 1. The number of anilines is 1. The molecule has 0 aliphatic carbocycles. The van der Waals surface area contributed by atoms with Crippen molar-refractivity contribution in [3.63, 3.8) is 0 Å². The Hall–Kier alpha value is -2.49. The Morgan fingerprint density at radius 1 is 1.20 bits per heavy atom. The fourth-order valence-electron chi connectivity index (χ4n) is 1.90. The number of nitrogens with two attached hydrogens (primary N) is 1. The van der Waals surface area contributed by atoms with Crippen molar-refractivity contribution in [2.45, 2.75) is 19.9 Å². The van der Waals surface area contributed by atoms with Crippen LogP contribution in [0.3, 0.4) is 0 Å². The average Bonchev–Trinajstić information content (AvgIpc) is 2.42. The lowest BCUT2D eigenvalue weighted by Gasteiger charge is -2.15. The summed E-state index contributed by atoms with van der Waals surface area (Å²) < 4.78 is 0. The smallest absolute Gasteiger partial charge is 0.251 e. The zero-order valence-electron chi connectivity index (χ0n) is 11.6. The van der Waals surface area contributed by atoms with Crippen molar-refractivity contribution in [3.05, 3.63) is 59.2 Å². The number of nitrogen functional groups attached to an aromatic ring is 1. The van der Waals surface area contributed by atoms with Crippen LogP contribution in [-0.4, -0.2) is 11.0 Å². The molecule has 1 atom stereocenters. The highest BCUT2D eigenvalue weighted by Gasteiger charge is 2.12. The molecule has 0 heterocycles. The maximum absolute atomic E-state index is 12.1. The van der Waals surface area contributed by atoms with Crippen LogP contribution in [0.2, 0.25) is 0 Å². The van der Waals surface area contributed by atoms with Gasteiger partial charge in [-0.1, -0.05) is 18.2 Å². The number of rotatable bonds is 3. The SMILES string of the molecule is Cc1ccc(C(=O)NC(C)c2ccc(N)cc2)cc1O. The lowest BCUT2D eigenvalue weighted by molar-refractivity contribution is 0.0939. The number of nitrogens with one attached hydrogen (secondary N) is 1. The van der Waals surface area contributed by atoms with E-state index in [9.17, 15) is 9.90 Å². The molecule has 0 aromatic heterocycles. The van der Waals surface area contributed by atoms with Gasteiger partial charge in [0.05, 0.1) is 6.04 Å². The summed E-state index contributed by atoms with van der Waals surface area (Å²) in [6.45, 7) is 3.69. The van der Waals surface area contributed by atoms with Crippen LogP contribution in [0, 0.1) is 6.92 Å². The third kappa shape index (κ3) is 3.09. The van der Waals surface area contributed by atoms with E-state index in [0.29, 0.717) is 11.3 Å². The first-order chi connectivity index (χ1) is 9.47. The lowest BCUT2D eigenvalue weighted by Crippen LogP contribution is -2.26. The molecular weight excluding hydrogens is 252 g/mol. The molecule has 0 fully saturated rings. The van der Waals surface area contributed by atoms with Crippen molar-refractivity contribution < 1.29 is 9.90 Å². The molecule has 0 aliphatic heterocycles. The number of aromatic hydroxyl groups is 1. The normalized spacial score (nSPS) is 11.9. The maximum Gasteiger partial charge on any atom is 0.251 e. The van der Waals surface area contributed by atoms with Gasteiger partial charge >= 0.3 is 0 Å². The van der Waals surface area contributed by atoms with Crippen LogP contribution in [0.5, 0.6) is 5.75 Å². The van der Waals surface area contributed by atoms with E-state index in [2.05, 4.69) is 5.32 Å². The average molecular weight is 270 g/mol. The molecule has 0 bridgehead atoms. The molecule has 104 valence electrons. The molecule has 0 radical (unpaired) electrons. The molecule has 0 saturated heterocycles. The summed E-state index contributed by atoms with van der Waals surface area (Å²) in [5, 5.41) is 12.5. The quantitative estimate of drug-likeness (QED) is 0.751. The van der Waals surface area contributed by atoms with Gasteiger partial charge in [-0.25, -0.2) is 0 Å². The molecule has 4 nitrogen and oxygen atoms in total. The Bertz CT molecular complexity index is 621. The number of benzene rings is 2. The summed E-state index contributed by atoms with van der Waals surface area (Å²) in [4.78, 5) is 12.1. The van der Waals surface area contributed by atoms with Crippen molar-refractivity contribution >= 4 is 11.6 Å². The van der Waals surface area contributed by atoms with Crippen molar-refractivity contribution in [1.82, 2.24) is 5.32 Å². The van der Waals surface area contributed by atoms with E-state index in [1.54, 1.807) is 31.2 Å². The van der Waals surface area contributed by atoms with Gasteiger partial charge in [0, 0.05) is 11.3 Å². The molecule has 2 rings (SSSR count). The zero-order chi connectivity index (χ0) is 14.7. The fraction of sp³-hybridized carbons (Fsp3) is 0.188. The van der Waals surface area contributed by atoms with Crippen molar-refractivity contribution in [3.8, 4) is 5.75 Å². The predicted octanol–water partition coefficient (Wildman–Crippen LogP) is 2.77. The number of hydrogen-bond acceptors (Lipinski definition) is 3. The lowest BCUT2D eigenvalue weighted by atomic mass is 10.1. The Kier molecular flexibility index (Phi) is 3.94. The van der Waals surface area contributed by atoms with Crippen LogP contribution in [0.25, 0.3) is 0 Å². The third-order valence-corrected chi connectivity index (χ3v) is 3.26. The van der Waals surface area contributed by atoms with Crippen LogP contribution < -0.4 is 11.1 Å². The van der Waals surface area contributed by atoms with Crippen LogP contribution in [0.4, 0.5) is 5.69 Å². The molecule has 20 heavy (non-hydrogen) atoms. The molecule has 0 saturated carbocycles. The summed E-state index contributed by atoms with van der Waals surface area (Å²) in [5.74, 6) is -0.0950. The molecule has 0 spiro atoms. The number of phenols is 1. The monoisotopic (exact) mass is 270 g/mol. The highest BCUT2D eigenvalue weighted by molar-refractivity contribution is 5.94. The maximum atomic E-state index is 12.1. The molecule has 0 aliphatic rings. The van der Waals surface area contributed by atoms with E-state index in [0.717, 1.165) is 11.1 Å². The largest absolute Gasteiger partial charge is 0.508 e. The Balaban J connectivity index is 2.10. The Morgan fingerprint density at radius 2 is 1.85 bits per heavy atom. The molecule has 2 aromatic carbocycles. The van der Waals surface area contributed by atoms with Gasteiger partial charge in [-0.15, -0.1) is 0 Å². The van der Waals surface area contributed by atoms with Crippen LogP contribution >= 0.6 is 0 Å². The highest BCUT2D eigenvalue weighted by Crippen LogP contribution is 2.19. The minimum Gasteiger partial charge on any atom is -0.508 e. The third-order valence-electron chi connectivity index (χ3n) is 3.26. The minimum absolute atomic E-state index is 0.123. The molecular formula is C16H18N2O2. The predicted molar refractivity (Wildman–Crippen MR) is 79.6 cm³/mol. The first kappa shape index (κ1) is 13.9. The zero-order valence-corrected chi connectivity index (χ0v) is 11.6. The van der Waals surface area contributed by atoms with Gasteiger partial charge in [-0.3, -0.25) is 4.79 Å². The first-order valence-electron chi connectivity index (χ1n) is 6.43. The van der Waals surface area contributed by atoms with Crippen LogP contribution in [-0.2, 0) is 0 Å². The Labute approximate surface area is 118 Å². The topological polar surface area (TPSA) is 75.4 Å². The van der Waals surface area contributed by atoms with Gasteiger partial charge in [0.25, 0.3) is 5.91 Å². The standard InChI is InChI=1S/C16H18N2O2/c1-10-3-4-13(9-15(10)19)16(20)18-11(2)12-5-7-14(17)8-6-12/h3-9,11,19H,17H2,1-2H3,(H,18,20). The van der Waals surface area contributed by atoms with Gasteiger partial charge in [0.2, 0.25) is 0 Å². The van der Waals surface area contributed by atoms with Gasteiger partial charge in [0.1, 0.15) is 5.75 Å². The van der Waals surface area contributed by atoms with Crippen molar-refractivity contribution in [2.24, 2.45) is 0 Å². The van der Waals surface area contributed by atoms with Gasteiger partial charge in [-0.05, 0) is 49.2 Å². The van der Waals surface area contributed by atoms with Crippen LogP contribution in [0.1, 0.15) is 34.5 Å². The van der Waals surface area contributed by atoms with E-state index in [-0.39, 0.29) is 17.7 Å². The minimum atomic E-state index is -0.218. The van der Waals surface area contributed by atoms with Crippen molar-refractivity contribution in [1.29, 1.82) is 0 Å². The fourth-order valence-corrected chi connectivity index (χ4v) is 1.90. The number of hydrogen-bond donors (Lipinski definition) is 3. The van der Waals surface area contributed by atoms with Crippen molar-refractivity contribution in [2.75, 3.05) is 5.73 Å². The second-order valence-electron chi connectivity index (χ2n) is 4.86. The summed E-state index contributed by atoms with van der Waals surface area (Å²) in [5.41, 5.74) is 8.48. The summed E-state index contributed by atoms with van der Waals surface area (Å²) in [6, 6.07) is 12.1. The molecule has 4 N–H and O–H groups in total. The van der Waals surface area contributed by atoms with Crippen LogP contribution in [0.15, 0.2) is 42.5 Å². The summed E-state index contributed by atoms with van der Waals surface area (Å²) in [6.07, 6.45) is 0. The number of carbonyl (C=O) groups excluding carboxylic acids is 1. The summed E-state index contributed by atoms with van der Waals surface area (Å²) >= 11 is 0. The second kappa shape index (κ2) is 5.65. The van der Waals surface area contributed by atoms with E-state index in [1.165, 1.54) is 6.07 Å². The number of amides is 1. The van der Waals surface area contributed by atoms with Gasteiger partial charge < -0.3 is 16.2 Å². The van der Waals surface area contributed by atoms with Gasteiger partial charge in [0.15, 0.2) is 0 Å². The van der Waals surface area contributed by atoms with E-state index in [4.69, 9.17) is 5.73 Å². The van der Waals surface area contributed by atoms with E-state index >= 15 is 0 Å². The molecule has 4 heteroatoms. The summed E-state index contributed by atoms with van der Waals surface area (Å²) in [7, 11) is 0. The molecule has 1 unspecified atom stereocenters.